The monoisotopic (exact) mass is 277 g/mol. The number of hydrogen-bond acceptors (Lipinski definition) is 4. The van der Waals surface area contributed by atoms with Crippen LogP contribution in [0, 0.1) is 24.2 Å². The first kappa shape index (κ1) is 12.9. The number of fused-ring (bicyclic) bond motifs is 1. The van der Waals surface area contributed by atoms with Gasteiger partial charge in [0.2, 0.25) is 17.6 Å². The minimum absolute atomic E-state index is 0.0867. The van der Waals surface area contributed by atoms with Crippen molar-refractivity contribution in [3.63, 3.8) is 0 Å². The normalized spacial score (nSPS) is 26.9. The number of aryl methyl sites for hydroxylation is 1. The Labute approximate surface area is 115 Å². The number of carboxylic acids is 1. The Kier molecular flexibility index (Phi) is 2.39. The lowest BCUT2D eigenvalue weighted by Gasteiger charge is -2.19. The molecule has 0 bridgehead atoms. The molecule has 2 fully saturated rings. The van der Waals surface area contributed by atoms with Crippen molar-refractivity contribution in [3.05, 3.63) is 23.2 Å². The number of hydrogen-bond donors (Lipinski definition) is 1. The number of rotatable bonds is 3. The average Bonchev–Trinajstić information content (AvgIpc) is 2.62. The molecule has 20 heavy (non-hydrogen) atoms. The number of likely N-dealkylation sites (tertiary alicyclic amines) is 1. The van der Waals surface area contributed by atoms with Crippen LogP contribution in [0.25, 0.3) is 0 Å². The fourth-order valence-corrected chi connectivity index (χ4v) is 3.11. The standard InChI is InChI=1S/C14H15NO5/c1-6-7(4-8(20-6)13(18)19)5-15-11(16)9-10(12(15)17)14(9,2)3/h4,9-10H,5H2,1-3H3,(H,18,19). The van der Waals surface area contributed by atoms with E-state index in [1.54, 1.807) is 6.92 Å². The Morgan fingerprint density at radius 3 is 2.35 bits per heavy atom. The van der Waals surface area contributed by atoms with E-state index in [-0.39, 0.29) is 41.4 Å². The smallest absolute Gasteiger partial charge is 0.371 e. The molecule has 2 amide bonds. The molecule has 2 unspecified atom stereocenters. The number of amides is 2. The largest absolute Gasteiger partial charge is 0.475 e. The van der Waals surface area contributed by atoms with Crippen molar-refractivity contribution < 1.29 is 23.9 Å². The Bertz CT molecular complexity index is 618. The number of imide groups is 1. The maximum atomic E-state index is 12.2. The van der Waals surface area contributed by atoms with Gasteiger partial charge in [-0.25, -0.2) is 4.79 Å². The van der Waals surface area contributed by atoms with Crippen LogP contribution in [0.5, 0.6) is 0 Å². The van der Waals surface area contributed by atoms with E-state index in [1.165, 1.54) is 11.0 Å². The van der Waals surface area contributed by atoms with Crippen molar-refractivity contribution in [2.75, 3.05) is 0 Å². The molecular weight excluding hydrogens is 262 g/mol. The van der Waals surface area contributed by atoms with E-state index in [9.17, 15) is 14.4 Å². The predicted octanol–water partition coefficient (Wildman–Crippen LogP) is 1.43. The Balaban J connectivity index is 1.82. The van der Waals surface area contributed by atoms with Gasteiger partial charge in [-0.15, -0.1) is 0 Å². The summed E-state index contributed by atoms with van der Waals surface area (Å²) in [5.41, 5.74) is 0.325. The molecule has 1 saturated carbocycles. The summed E-state index contributed by atoms with van der Waals surface area (Å²) in [4.78, 5) is 36.4. The highest BCUT2D eigenvalue weighted by atomic mass is 16.4. The van der Waals surface area contributed by atoms with Gasteiger partial charge in [0.1, 0.15) is 5.76 Å². The highest BCUT2D eigenvalue weighted by Crippen LogP contribution is 2.63. The number of nitrogens with zero attached hydrogens (tertiary/aromatic N) is 1. The minimum Gasteiger partial charge on any atom is -0.475 e. The summed E-state index contributed by atoms with van der Waals surface area (Å²) in [6.45, 7) is 5.54. The van der Waals surface area contributed by atoms with Gasteiger partial charge in [-0.1, -0.05) is 13.8 Å². The summed E-state index contributed by atoms with van der Waals surface area (Å²) in [6.07, 6.45) is 0. The third-order valence-corrected chi connectivity index (χ3v) is 4.45. The Morgan fingerprint density at radius 1 is 1.35 bits per heavy atom. The molecule has 0 aromatic carbocycles. The molecule has 6 nitrogen and oxygen atoms in total. The van der Waals surface area contributed by atoms with Gasteiger partial charge in [0.15, 0.2) is 0 Å². The summed E-state index contributed by atoms with van der Waals surface area (Å²) in [5, 5.41) is 8.86. The molecule has 1 aliphatic heterocycles. The maximum Gasteiger partial charge on any atom is 0.371 e. The summed E-state index contributed by atoms with van der Waals surface area (Å²) >= 11 is 0. The number of aromatic carboxylic acids is 1. The number of carbonyl (C=O) groups is 3. The zero-order valence-corrected chi connectivity index (χ0v) is 11.5. The zero-order valence-electron chi connectivity index (χ0n) is 11.5. The van der Waals surface area contributed by atoms with Crippen molar-refractivity contribution >= 4 is 17.8 Å². The van der Waals surface area contributed by atoms with Crippen LogP contribution < -0.4 is 0 Å². The van der Waals surface area contributed by atoms with Crippen LogP contribution in [0.15, 0.2) is 10.5 Å². The van der Waals surface area contributed by atoms with E-state index in [0.717, 1.165) is 0 Å². The Morgan fingerprint density at radius 2 is 1.90 bits per heavy atom. The van der Waals surface area contributed by atoms with E-state index in [0.29, 0.717) is 11.3 Å². The van der Waals surface area contributed by atoms with E-state index in [2.05, 4.69) is 0 Å². The average molecular weight is 277 g/mol. The molecule has 1 saturated heterocycles. The number of carboxylic acid groups (broad SMARTS) is 1. The van der Waals surface area contributed by atoms with E-state index < -0.39 is 5.97 Å². The van der Waals surface area contributed by atoms with E-state index >= 15 is 0 Å². The summed E-state index contributed by atoms with van der Waals surface area (Å²) in [7, 11) is 0. The molecule has 2 atom stereocenters. The highest BCUT2D eigenvalue weighted by molar-refractivity contribution is 6.10. The lowest BCUT2D eigenvalue weighted by Crippen LogP contribution is -2.35. The van der Waals surface area contributed by atoms with Crippen LogP contribution in [0.4, 0.5) is 0 Å². The van der Waals surface area contributed by atoms with Crippen LogP contribution in [0.3, 0.4) is 0 Å². The Hall–Kier alpha value is -2.11. The van der Waals surface area contributed by atoms with Crippen LogP contribution in [-0.4, -0.2) is 27.8 Å². The first-order chi connectivity index (χ1) is 9.25. The summed E-state index contributed by atoms with van der Waals surface area (Å²) < 4.78 is 5.09. The molecule has 6 heteroatoms. The number of furan rings is 1. The minimum atomic E-state index is -1.16. The van der Waals surface area contributed by atoms with E-state index in [4.69, 9.17) is 9.52 Å². The molecule has 0 spiro atoms. The second-order valence-electron chi connectivity index (χ2n) is 6.04. The van der Waals surface area contributed by atoms with Crippen molar-refractivity contribution in [1.82, 2.24) is 4.90 Å². The third-order valence-electron chi connectivity index (χ3n) is 4.45. The maximum absolute atomic E-state index is 12.2. The first-order valence-corrected chi connectivity index (χ1v) is 6.43. The van der Waals surface area contributed by atoms with Crippen LogP contribution in [-0.2, 0) is 16.1 Å². The molecule has 2 heterocycles. The van der Waals surface area contributed by atoms with Crippen LogP contribution in [0.1, 0.15) is 35.7 Å². The lowest BCUT2D eigenvalue weighted by molar-refractivity contribution is -0.143. The molecule has 2 aliphatic rings. The van der Waals surface area contributed by atoms with Crippen molar-refractivity contribution in [3.8, 4) is 0 Å². The van der Waals surface area contributed by atoms with Gasteiger partial charge < -0.3 is 9.52 Å². The summed E-state index contributed by atoms with van der Waals surface area (Å²) in [6, 6.07) is 1.37. The molecule has 1 aliphatic carbocycles. The highest BCUT2D eigenvalue weighted by Gasteiger charge is 2.72. The summed E-state index contributed by atoms with van der Waals surface area (Å²) in [5.74, 6) is -1.69. The number of piperidine rings is 1. The second-order valence-corrected chi connectivity index (χ2v) is 6.04. The lowest BCUT2D eigenvalue weighted by atomic mass is 10.1. The third kappa shape index (κ3) is 1.54. The SMILES string of the molecule is Cc1oc(C(=O)O)cc1CN1C(=O)C2C(C1=O)C2(C)C. The molecule has 106 valence electrons. The van der Waals surface area contributed by atoms with Gasteiger partial charge in [0.25, 0.3) is 0 Å². The first-order valence-electron chi connectivity index (χ1n) is 6.43. The van der Waals surface area contributed by atoms with Gasteiger partial charge in [0.05, 0.1) is 18.4 Å². The van der Waals surface area contributed by atoms with Gasteiger partial charge in [0, 0.05) is 5.56 Å². The molecular formula is C14H15NO5. The van der Waals surface area contributed by atoms with Crippen molar-refractivity contribution in [2.45, 2.75) is 27.3 Å². The molecule has 0 radical (unpaired) electrons. The quantitative estimate of drug-likeness (QED) is 0.844. The van der Waals surface area contributed by atoms with Gasteiger partial charge in [-0.05, 0) is 18.4 Å². The molecule has 1 aromatic heterocycles. The van der Waals surface area contributed by atoms with Gasteiger partial charge >= 0.3 is 5.97 Å². The topological polar surface area (TPSA) is 87.8 Å². The number of carbonyl (C=O) groups excluding carboxylic acids is 2. The molecule has 3 rings (SSSR count). The predicted molar refractivity (Wildman–Crippen MR) is 66.7 cm³/mol. The van der Waals surface area contributed by atoms with Gasteiger partial charge in [-0.2, -0.15) is 0 Å². The molecule has 1 aromatic rings. The van der Waals surface area contributed by atoms with Crippen LogP contribution in [0.2, 0.25) is 0 Å². The van der Waals surface area contributed by atoms with Crippen molar-refractivity contribution in [2.24, 2.45) is 17.3 Å². The van der Waals surface area contributed by atoms with Crippen LogP contribution >= 0.6 is 0 Å². The second kappa shape index (κ2) is 3.71. The molecule has 1 N–H and O–H groups in total. The van der Waals surface area contributed by atoms with E-state index in [1.807, 2.05) is 13.8 Å². The zero-order chi connectivity index (χ0) is 14.8. The fraction of sp³-hybridized carbons (Fsp3) is 0.500. The fourth-order valence-electron chi connectivity index (χ4n) is 3.11. The van der Waals surface area contributed by atoms with Crippen molar-refractivity contribution in [1.29, 1.82) is 0 Å². The van der Waals surface area contributed by atoms with Gasteiger partial charge in [-0.3, -0.25) is 14.5 Å².